The summed E-state index contributed by atoms with van der Waals surface area (Å²) in [6.45, 7) is 6.58. The zero-order valence-electron chi connectivity index (χ0n) is 8.14. The molecular weight excluding hydrogens is 136 g/mol. The minimum absolute atomic E-state index is 0.372. The van der Waals surface area contributed by atoms with Gasteiger partial charge in [-0.15, -0.1) is 0 Å². The lowest BCUT2D eigenvalue weighted by atomic mass is 10.2. The van der Waals surface area contributed by atoms with Crippen LogP contribution in [0.2, 0.25) is 0 Å². The SMILES string of the molecule is CCC[C@H](N)CN(C)CCC. The molecule has 2 heteroatoms. The molecule has 1 atom stereocenters. The van der Waals surface area contributed by atoms with E-state index in [0.29, 0.717) is 6.04 Å². The van der Waals surface area contributed by atoms with Gasteiger partial charge in [0.05, 0.1) is 0 Å². The molecule has 0 amide bonds. The first-order valence-corrected chi connectivity index (χ1v) is 4.64. The highest BCUT2D eigenvalue weighted by Gasteiger charge is 2.03. The van der Waals surface area contributed by atoms with Crippen molar-refractivity contribution in [3.8, 4) is 0 Å². The summed E-state index contributed by atoms with van der Waals surface area (Å²) in [4.78, 5) is 2.31. The maximum Gasteiger partial charge on any atom is 0.0167 e. The summed E-state index contributed by atoms with van der Waals surface area (Å²) >= 11 is 0. The Labute approximate surface area is 70.8 Å². The Balaban J connectivity index is 3.32. The van der Waals surface area contributed by atoms with Gasteiger partial charge in [-0.25, -0.2) is 0 Å². The van der Waals surface area contributed by atoms with Gasteiger partial charge < -0.3 is 10.6 Å². The molecule has 0 aliphatic carbocycles. The first-order valence-electron chi connectivity index (χ1n) is 4.64. The van der Waals surface area contributed by atoms with Gasteiger partial charge in [0.2, 0.25) is 0 Å². The highest BCUT2D eigenvalue weighted by molar-refractivity contribution is 4.64. The quantitative estimate of drug-likeness (QED) is 0.634. The summed E-state index contributed by atoms with van der Waals surface area (Å²) in [7, 11) is 2.14. The average molecular weight is 158 g/mol. The molecule has 0 heterocycles. The fraction of sp³-hybridized carbons (Fsp3) is 1.00. The highest BCUT2D eigenvalue weighted by Crippen LogP contribution is 1.96. The number of rotatable bonds is 6. The van der Waals surface area contributed by atoms with Crippen LogP contribution in [0.1, 0.15) is 33.1 Å². The highest BCUT2D eigenvalue weighted by atomic mass is 15.1. The molecule has 0 saturated heterocycles. The van der Waals surface area contributed by atoms with E-state index in [1.807, 2.05) is 0 Å². The number of nitrogens with two attached hydrogens (primary N) is 1. The molecule has 0 rings (SSSR count). The first kappa shape index (κ1) is 10.9. The second-order valence-electron chi connectivity index (χ2n) is 3.31. The van der Waals surface area contributed by atoms with Crippen molar-refractivity contribution in [2.45, 2.75) is 39.2 Å². The lowest BCUT2D eigenvalue weighted by molar-refractivity contribution is 0.304. The van der Waals surface area contributed by atoms with Gasteiger partial charge in [-0.3, -0.25) is 0 Å². The van der Waals surface area contributed by atoms with Crippen molar-refractivity contribution in [3.63, 3.8) is 0 Å². The Morgan fingerprint density at radius 3 is 2.36 bits per heavy atom. The smallest absolute Gasteiger partial charge is 0.0167 e. The van der Waals surface area contributed by atoms with Gasteiger partial charge >= 0.3 is 0 Å². The maximum atomic E-state index is 5.87. The molecule has 0 spiro atoms. The lowest BCUT2D eigenvalue weighted by Gasteiger charge is -2.19. The van der Waals surface area contributed by atoms with E-state index < -0.39 is 0 Å². The van der Waals surface area contributed by atoms with Crippen LogP contribution in [0.3, 0.4) is 0 Å². The van der Waals surface area contributed by atoms with E-state index in [-0.39, 0.29) is 0 Å². The van der Waals surface area contributed by atoms with Crippen LogP contribution in [0.4, 0.5) is 0 Å². The Morgan fingerprint density at radius 2 is 1.91 bits per heavy atom. The normalized spacial score (nSPS) is 13.9. The summed E-state index contributed by atoms with van der Waals surface area (Å²) in [6, 6.07) is 0.372. The first-order chi connectivity index (χ1) is 5.20. The van der Waals surface area contributed by atoms with Gasteiger partial charge in [-0.2, -0.15) is 0 Å². The molecule has 0 saturated carbocycles. The molecule has 0 aromatic rings. The Morgan fingerprint density at radius 1 is 1.27 bits per heavy atom. The van der Waals surface area contributed by atoms with E-state index in [2.05, 4.69) is 25.8 Å². The number of likely N-dealkylation sites (N-methyl/N-ethyl adjacent to an activating group) is 1. The van der Waals surface area contributed by atoms with Crippen LogP contribution >= 0.6 is 0 Å². The van der Waals surface area contributed by atoms with Crippen LogP contribution in [0.15, 0.2) is 0 Å². The van der Waals surface area contributed by atoms with Gasteiger partial charge in [0, 0.05) is 12.6 Å². The molecule has 0 aromatic heterocycles. The van der Waals surface area contributed by atoms with Crippen molar-refractivity contribution < 1.29 is 0 Å². The molecular formula is C9H22N2. The van der Waals surface area contributed by atoms with Crippen molar-refractivity contribution in [1.82, 2.24) is 4.90 Å². The molecule has 0 aliphatic rings. The number of hydrogen-bond acceptors (Lipinski definition) is 2. The van der Waals surface area contributed by atoms with Gasteiger partial charge in [0.25, 0.3) is 0 Å². The summed E-state index contributed by atoms with van der Waals surface area (Å²) in [5.41, 5.74) is 5.87. The van der Waals surface area contributed by atoms with Crippen molar-refractivity contribution >= 4 is 0 Å². The number of nitrogens with zero attached hydrogens (tertiary/aromatic N) is 1. The standard InChI is InChI=1S/C9H22N2/c1-4-6-9(10)8-11(3)7-5-2/h9H,4-8,10H2,1-3H3/t9-/m0/s1. The van der Waals surface area contributed by atoms with Gasteiger partial charge in [-0.1, -0.05) is 20.3 Å². The van der Waals surface area contributed by atoms with Crippen LogP contribution in [0.25, 0.3) is 0 Å². The van der Waals surface area contributed by atoms with Gasteiger partial charge in [-0.05, 0) is 26.4 Å². The molecule has 0 unspecified atom stereocenters. The van der Waals surface area contributed by atoms with E-state index in [1.54, 1.807) is 0 Å². The van der Waals surface area contributed by atoms with Crippen LogP contribution < -0.4 is 5.73 Å². The van der Waals surface area contributed by atoms with Crippen molar-refractivity contribution in [3.05, 3.63) is 0 Å². The fourth-order valence-electron chi connectivity index (χ4n) is 1.34. The lowest BCUT2D eigenvalue weighted by Crippen LogP contribution is -2.35. The average Bonchev–Trinajstić information content (AvgIpc) is 1.87. The van der Waals surface area contributed by atoms with Crippen LogP contribution in [0.5, 0.6) is 0 Å². The third kappa shape index (κ3) is 6.32. The van der Waals surface area contributed by atoms with E-state index in [0.717, 1.165) is 19.5 Å². The predicted molar refractivity (Wildman–Crippen MR) is 50.7 cm³/mol. The van der Waals surface area contributed by atoms with Crippen LogP contribution in [-0.2, 0) is 0 Å². The van der Waals surface area contributed by atoms with Crippen LogP contribution in [-0.4, -0.2) is 31.1 Å². The predicted octanol–water partition coefficient (Wildman–Crippen LogP) is 1.46. The minimum Gasteiger partial charge on any atom is -0.327 e. The molecule has 0 aromatic carbocycles. The topological polar surface area (TPSA) is 29.3 Å². The van der Waals surface area contributed by atoms with Crippen LogP contribution in [0, 0.1) is 0 Å². The van der Waals surface area contributed by atoms with Crippen molar-refractivity contribution in [2.24, 2.45) is 5.73 Å². The Bertz CT molecular complexity index is 73.6. The summed E-state index contributed by atoms with van der Waals surface area (Å²) in [6.07, 6.45) is 3.56. The van der Waals surface area contributed by atoms with E-state index >= 15 is 0 Å². The molecule has 0 aliphatic heterocycles. The second-order valence-corrected chi connectivity index (χ2v) is 3.31. The van der Waals surface area contributed by atoms with Crippen molar-refractivity contribution in [1.29, 1.82) is 0 Å². The van der Waals surface area contributed by atoms with E-state index in [4.69, 9.17) is 5.73 Å². The summed E-state index contributed by atoms with van der Waals surface area (Å²) in [5, 5.41) is 0. The zero-order chi connectivity index (χ0) is 8.69. The van der Waals surface area contributed by atoms with E-state index in [1.165, 1.54) is 12.8 Å². The Hall–Kier alpha value is -0.0800. The number of hydrogen-bond donors (Lipinski definition) is 1. The molecule has 0 fully saturated rings. The third-order valence-corrected chi connectivity index (χ3v) is 1.81. The summed E-state index contributed by atoms with van der Waals surface area (Å²) < 4.78 is 0. The maximum absolute atomic E-state index is 5.87. The third-order valence-electron chi connectivity index (χ3n) is 1.81. The molecule has 11 heavy (non-hydrogen) atoms. The molecule has 0 radical (unpaired) electrons. The monoisotopic (exact) mass is 158 g/mol. The molecule has 0 bridgehead atoms. The van der Waals surface area contributed by atoms with Crippen molar-refractivity contribution in [2.75, 3.05) is 20.1 Å². The zero-order valence-corrected chi connectivity index (χ0v) is 8.14. The summed E-state index contributed by atoms with van der Waals surface area (Å²) in [5.74, 6) is 0. The van der Waals surface area contributed by atoms with Gasteiger partial charge in [0.15, 0.2) is 0 Å². The Kier molecular flexibility index (Phi) is 6.57. The molecule has 2 N–H and O–H groups in total. The van der Waals surface area contributed by atoms with E-state index in [9.17, 15) is 0 Å². The van der Waals surface area contributed by atoms with Gasteiger partial charge in [0.1, 0.15) is 0 Å². The fourth-order valence-corrected chi connectivity index (χ4v) is 1.34. The largest absolute Gasteiger partial charge is 0.327 e. The molecule has 2 nitrogen and oxygen atoms in total. The molecule has 68 valence electrons. The minimum atomic E-state index is 0.372. The second kappa shape index (κ2) is 6.62.